The van der Waals surface area contributed by atoms with Gasteiger partial charge in [-0.25, -0.2) is 4.79 Å². The van der Waals surface area contributed by atoms with Gasteiger partial charge in [0.2, 0.25) is 0 Å². The highest BCUT2D eigenvalue weighted by atomic mass is 16.6. The van der Waals surface area contributed by atoms with Crippen molar-refractivity contribution in [3.63, 3.8) is 0 Å². The molecule has 0 spiro atoms. The van der Waals surface area contributed by atoms with Gasteiger partial charge in [-0.2, -0.15) is 0 Å². The molecule has 3 heterocycles. The van der Waals surface area contributed by atoms with Crippen LogP contribution in [-0.4, -0.2) is 13.2 Å². The molecule has 1 aliphatic rings. The molecule has 7 nitrogen and oxygen atoms in total. The van der Waals surface area contributed by atoms with E-state index in [1.807, 2.05) is 32.0 Å². The van der Waals surface area contributed by atoms with E-state index in [1.165, 1.54) is 12.3 Å². The molecule has 6 rings (SSSR count). The van der Waals surface area contributed by atoms with Gasteiger partial charge in [-0.1, -0.05) is 12.1 Å². The fourth-order valence-corrected chi connectivity index (χ4v) is 4.66. The van der Waals surface area contributed by atoms with Crippen molar-refractivity contribution >= 4 is 21.9 Å². The fourth-order valence-electron chi connectivity index (χ4n) is 4.66. The number of benzene rings is 3. The molecule has 0 bridgehead atoms. The maximum Gasteiger partial charge on any atom is 0.336 e. The second kappa shape index (κ2) is 8.61. The first-order chi connectivity index (χ1) is 17.5. The molecule has 180 valence electrons. The lowest BCUT2D eigenvalue weighted by Crippen LogP contribution is -2.15. The van der Waals surface area contributed by atoms with Gasteiger partial charge in [0.25, 0.3) is 0 Å². The Morgan fingerprint density at radius 3 is 2.56 bits per heavy atom. The summed E-state index contributed by atoms with van der Waals surface area (Å²) in [6, 6.07) is 15.8. The predicted octanol–water partition coefficient (Wildman–Crippen LogP) is 5.53. The molecule has 0 saturated heterocycles. The molecule has 0 saturated carbocycles. The SMILES string of the molecule is Cc1cc(C)c2c(COc3ccc4c(=O)c(-c5ccc6c(c5)OCCO6)coc4c3)cc(=O)oc2c1. The van der Waals surface area contributed by atoms with Crippen molar-refractivity contribution in [3.05, 3.63) is 98.2 Å². The number of hydrogen-bond acceptors (Lipinski definition) is 7. The molecule has 0 aliphatic carbocycles. The Morgan fingerprint density at radius 1 is 0.861 bits per heavy atom. The third-order valence-electron chi connectivity index (χ3n) is 6.26. The average molecular weight is 482 g/mol. The third-order valence-corrected chi connectivity index (χ3v) is 6.26. The normalized spacial score (nSPS) is 12.7. The van der Waals surface area contributed by atoms with Crippen LogP contribution in [0.5, 0.6) is 17.2 Å². The van der Waals surface area contributed by atoms with Crippen LogP contribution in [0, 0.1) is 13.8 Å². The van der Waals surface area contributed by atoms with E-state index in [-0.39, 0.29) is 12.0 Å². The highest BCUT2D eigenvalue weighted by molar-refractivity contribution is 5.85. The number of ether oxygens (including phenoxy) is 3. The lowest BCUT2D eigenvalue weighted by atomic mass is 10.0. The molecular formula is C29H22O7. The van der Waals surface area contributed by atoms with Gasteiger partial charge in [-0.05, 0) is 60.9 Å². The van der Waals surface area contributed by atoms with Gasteiger partial charge in [-0.15, -0.1) is 0 Å². The Balaban J connectivity index is 1.31. The van der Waals surface area contributed by atoms with E-state index < -0.39 is 5.63 Å². The van der Waals surface area contributed by atoms with Crippen molar-refractivity contribution in [1.82, 2.24) is 0 Å². The van der Waals surface area contributed by atoms with Crippen LogP contribution in [0.1, 0.15) is 16.7 Å². The predicted molar refractivity (Wildman–Crippen MR) is 135 cm³/mol. The van der Waals surface area contributed by atoms with E-state index in [0.29, 0.717) is 58.1 Å². The Morgan fingerprint density at radius 2 is 1.69 bits per heavy atom. The monoisotopic (exact) mass is 482 g/mol. The summed E-state index contributed by atoms with van der Waals surface area (Å²) in [5, 5.41) is 1.29. The fraction of sp³-hybridized carbons (Fsp3) is 0.172. The van der Waals surface area contributed by atoms with Crippen LogP contribution in [0.2, 0.25) is 0 Å². The molecule has 0 unspecified atom stereocenters. The molecule has 36 heavy (non-hydrogen) atoms. The van der Waals surface area contributed by atoms with Crippen LogP contribution >= 0.6 is 0 Å². The summed E-state index contributed by atoms with van der Waals surface area (Å²) in [6.07, 6.45) is 1.45. The molecule has 0 amide bonds. The third kappa shape index (κ3) is 3.88. The van der Waals surface area contributed by atoms with Crippen LogP contribution in [0.3, 0.4) is 0 Å². The minimum Gasteiger partial charge on any atom is -0.489 e. The number of fused-ring (bicyclic) bond motifs is 3. The quantitative estimate of drug-likeness (QED) is 0.311. The lowest BCUT2D eigenvalue weighted by molar-refractivity contribution is 0.171. The molecule has 7 heteroatoms. The van der Waals surface area contributed by atoms with Crippen molar-refractivity contribution in [3.8, 4) is 28.4 Å². The number of rotatable bonds is 4. The average Bonchev–Trinajstić information content (AvgIpc) is 2.86. The van der Waals surface area contributed by atoms with E-state index in [4.69, 9.17) is 23.0 Å². The summed E-state index contributed by atoms with van der Waals surface area (Å²) >= 11 is 0. The van der Waals surface area contributed by atoms with Crippen LogP contribution in [-0.2, 0) is 6.61 Å². The first-order valence-corrected chi connectivity index (χ1v) is 11.6. The zero-order chi connectivity index (χ0) is 24.8. The van der Waals surface area contributed by atoms with Crippen molar-refractivity contribution < 1.29 is 23.0 Å². The molecule has 0 radical (unpaired) electrons. The maximum atomic E-state index is 13.2. The van der Waals surface area contributed by atoms with Crippen molar-refractivity contribution in [2.24, 2.45) is 0 Å². The second-order valence-corrected chi connectivity index (χ2v) is 8.83. The van der Waals surface area contributed by atoms with Crippen LogP contribution in [0.25, 0.3) is 33.1 Å². The summed E-state index contributed by atoms with van der Waals surface area (Å²) in [6.45, 7) is 5.06. The van der Waals surface area contributed by atoms with Crippen LogP contribution < -0.4 is 25.3 Å². The summed E-state index contributed by atoms with van der Waals surface area (Å²) in [7, 11) is 0. The van der Waals surface area contributed by atoms with Crippen LogP contribution in [0.15, 0.2) is 79.3 Å². The number of aryl methyl sites for hydroxylation is 2. The Bertz CT molecular complexity index is 1760. The minimum atomic E-state index is -0.428. The van der Waals surface area contributed by atoms with Gasteiger partial charge in [0.15, 0.2) is 16.9 Å². The highest BCUT2D eigenvalue weighted by Gasteiger charge is 2.16. The van der Waals surface area contributed by atoms with Gasteiger partial charge in [-0.3, -0.25) is 4.79 Å². The largest absolute Gasteiger partial charge is 0.489 e. The van der Waals surface area contributed by atoms with E-state index in [2.05, 4.69) is 0 Å². The van der Waals surface area contributed by atoms with Gasteiger partial charge in [0.05, 0.1) is 10.9 Å². The molecule has 0 N–H and O–H groups in total. The van der Waals surface area contributed by atoms with E-state index in [9.17, 15) is 9.59 Å². The van der Waals surface area contributed by atoms with Gasteiger partial charge in [0.1, 0.15) is 43.0 Å². The van der Waals surface area contributed by atoms with E-state index in [0.717, 1.165) is 22.1 Å². The van der Waals surface area contributed by atoms with E-state index in [1.54, 1.807) is 30.3 Å². The topological polar surface area (TPSA) is 88.1 Å². The molecule has 0 atom stereocenters. The maximum absolute atomic E-state index is 13.2. The Hall–Kier alpha value is -4.52. The zero-order valence-corrected chi connectivity index (χ0v) is 19.8. The standard InChI is InChI=1S/C29H22O7/c1-16-9-17(2)28-19(12-27(30)36-26(28)10-16)14-34-20-4-5-21-24(13-20)35-15-22(29(21)31)18-3-6-23-25(11-18)33-8-7-32-23/h3-6,9-13,15H,7-8,14H2,1-2H3. The molecule has 1 aliphatic heterocycles. The second-order valence-electron chi connectivity index (χ2n) is 8.83. The van der Waals surface area contributed by atoms with Gasteiger partial charge in [0, 0.05) is 23.1 Å². The smallest absolute Gasteiger partial charge is 0.336 e. The summed E-state index contributed by atoms with van der Waals surface area (Å²) < 4.78 is 28.4. The summed E-state index contributed by atoms with van der Waals surface area (Å²) in [5.74, 6) is 1.78. The van der Waals surface area contributed by atoms with E-state index >= 15 is 0 Å². The molecular weight excluding hydrogens is 460 g/mol. The lowest BCUT2D eigenvalue weighted by Gasteiger charge is -2.18. The molecule has 2 aromatic heterocycles. The van der Waals surface area contributed by atoms with Gasteiger partial charge < -0.3 is 23.0 Å². The van der Waals surface area contributed by atoms with Crippen molar-refractivity contribution in [1.29, 1.82) is 0 Å². The molecule has 0 fully saturated rings. The molecule has 5 aromatic rings. The Kier molecular flexibility index (Phi) is 5.25. The first kappa shape index (κ1) is 22.0. The highest BCUT2D eigenvalue weighted by Crippen LogP contribution is 2.34. The summed E-state index contributed by atoms with van der Waals surface area (Å²) in [5.41, 5.74) is 4.23. The number of hydrogen-bond donors (Lipinski definition) is 0. The minimum absolute atomic E-state index is 0.155. The molecule has 3 aromatic carbocycles. The van der Waals surface area contributed by atoms with Gasteiger partial charge >= 0.3 is 5.63 Å². The Labute approximate surface area is 205 Å². The zero-order valence-electron chi connectivity index (χ0n) is 19.8. The van der Waals surface area contributed by atoms with Crippen molar-refractivity contribution in [2.75, 3.05) is 13.2 Å². The summed E-state index contributed by atoms with van der Waals surface area (Å²) in [4.78, 5) is 25.3. The first-order valence-electron chi connectivity index (χ1n) is 11.6. The van der Waals surface area contributed by atoms with Crippen molar-refractivity contribution in [2.45, 2.75) is 20.5 Å². The van der Waals surface area contributed by atoms with Crippen LogP contribution in [0.4, 0.5) is 0 Å².